The normalized spacial score (nSPS) is 20.4. The van der Waals surface area contributed by atoms with Crippen molar-refractivity contribution in [2.24, 2.45) is 0 Å². The molecular formula is C21H21F3IN3O. The van der Waals surface area contributed by atoms with Gasteiger partial charge in [0.1, 0.15) is 11.4 Å². The van der Waals surface area contributed by atoms with Crippen LogP contribution in [0.25, 0.3) is 5.70 Å². The monoisotopic (exact) mass is 515 g/mol. The minimum absolute atomic E-state index is 0.0231. The quantitative estimate of drug-likeness (QED) is 0.523. The summed E-state index contributed by atoms with van der Waals surface area (Å²) in [6.07, 6.45) is 1.92. The average Bonchev–Trinajstić information content (AvgIpc) is 3.19. The molecule has 2 aromatic rings. The topological polar surface area (TPSA) is 47.5 Å². The standard InChI is InChI=1S/C21H21F3IN3O/c1-12(28-10-21(29,11-28)18-3-2-8-26-18)14-5-6-15(22)19(24)20(14)27-17-7-4-13(25)9-16(17)23/h4-7,9,18,26-27,29H,1-3,8,10-11H2/t18-/m1/s1. The van der Waals surface area contributed by atoms with Crippen molar-refractivity contribution in [3.63, 3.8) is 0 Å². The Kier molecular flexibility index (Phi) is 5.52. The van der Waals surface area contributed by atoms with E-state index in [0.717, 1.165) is 25.5 Å². The predicted molar refractivity (Wildman–Crippen MR) is 115 cm³/mol. The molecular weight excluding hydrogens is 494 g/mol. The number of hydrogen-bond acceptors (Lipinski definition) is 4. The van der Waals surface area contributed by atoms with E-state index in [2.05, 4.69) is 17.2 Å². The third-order valence-corrected chi connectivity index (χ3v) is 6.29. The van der Waals surface area contributed by atoms with Gasteiger partial charge in [0.15, 0.2) is 11.6 Å². The maximum atomic E-state index is 14.6. The van der Waals surface area contributed by atoms with Crippen LogP contribution in [0.2, 0.25) is 0 Å². The summed E-state index contributed by atoms with van der Waals surface area (Å²) in [6.45, 7) is 5.59. The molecule has 0 amide bonds. The molecule has 0 bridgehead atoms. The molecule has 8 heteroatoms. The maximum Gasteiger partial charge on any atom is 0.182 e. The molecule has 1 atom stereocenters. The van der Waals surface area contributed by atoms with Gasteiger partial charge < -0.3 is 20.6 Å². The van der Waals surface area contributed by atoms with Crippen LogP contribution >= 0.6 is 22.6 Å². The van der Waals surface area contributed by atoms with E-state index in [1.165, 1.54) is 18.2 Å². The van der Waals surface area contributed by atoms with E-state index in [1.54, 1.807) is 6.07 Å². The fraction of sp³-hybridized carbons (Fsp3) is 0.333. The molecule has 0 radical (unpaired) electrons. The van der Waals surface area contributed by atoms with E-state index in [1.807, 2.05) is 27.5 Å². The molecule has 2 heterocycles. The van der Waals surface area contributed by atoms with Crippen LogP contribution < -0.4 is 10.6 Å². The lowest BCUT2D eigenvalue weighted by atomic mass is 9.84. The predicted octanol–water partition coefficient (Wildman–Crippen LogP) is 4.22. The van der Waals surface area contributed by atoms with E-state index >= 15 is 0 Å². The molecule has 154 valence electrons. The summed E-state index contributed by atoms with van der Waals surface area (Å²) in [5.41, 5.74) is -0.236. The fourth-order valence-electron chi connectivity index (χ4n) is 3.98. The molecule has 4 rings (SSSR count). The first-order valence-electron chi connectivity index (χ1n) is 9.38. The Bertz CT molecular complexity index is 956. The number of nitrogens with zero attached hydrogens (tertiary/aromatic N) is 1. The van der Waals surface area contributed by atoms with E-state index < -0.39 is 23.1 Å². The number of halogens is 4. The number of rotatable bonds is 5. The summed E-state index contributed by atoms with van der Waals surface area (Å²) in [5, 5.41) is 16.8. The summed E-state index contributed by atoms with van der Waals surface area (Å²) < 4.78 is 43.5. The average molecular weight is 515 g/mol. The van der Waals surface area contributed by atoms with Gasteiger partial charge in [-0.2, -0.15) is 0 Å². The summed E-state index contributed by atoms with van der Waals surface area (Å²) >= 11 is 1.97. The summed E-state index contributed by atoms with van der Waals surface area (Å²) in [4.78, 5) is 1.82. The van der Waals surface area contributed by atoms with Crippen LogP contribution in [0.1, 0.15) is 18.4 Å². The summed E-state index contributed by atoms with van der Waals surface area (Å²) in [5.74, 6) is -2.71. The second-order valence-corrected chi connectivity index (χ2v) is 8.83. The van der Waals surface area contributed by atoms with Gasteiger partial charge in [0.05, 0.1) is 24.5 Å². The van der Waals surface area contributed by atoms with Crippen LogP contribution in [0, 0.1) is 21.0 Å². The van der Waals surface area contributed by atoms with Gasteiger partial charge in [-0.15, -0.1) is 0 Å². The molecule has 0 spiro atoms. The highest BCUT2D eigenvalue weighted by atomic mass is 127. The van der Waals surface area contributed by atoms with Crippen LogP contribution in [0.4, 0.5) is 24.5 Å². The van der Waals surface area contributed by atoms with Crippen molar-refractivity contribution in [3.05, 3.63) is 63.5 Å². The fourth-order valence-corrected chi connectivity index (χ4v) is 4.43. The Morgan fingerprint density at radius 2 is 1.97 bits per heavy atom. The SMILES string of the molecule is C=C(c1ccc(F)c(F)c1Nc1ccc(I)cc1F)N1CC(O)([C@H]2CCCN2)C1. The molecule has 0 saturated carbocycles. The number of nitrogens with one attached hydrogen (secondary N) is 2. The highest BCUT2D eigenvalue weighted by molar-refractivity contribution is 14.1. The minimum Gasteiger partial charge on any atom is -0.385 e. The van der Waals surface area contributed by atoms with Crippen LogP contribution in [0.3, 0.4) is 0 Å². The lowest BCUT2D eigenvalue weighted by Gasteiger charge is -2.51. The highest BCUT2D eigenvalue weighted by Gasteiger charge is 2.48. The number of anilines is 2. The zero-order chi connectivity index (χ0) is 20.8. The van der Waals surface area contributed by atoms with Crippen LogP contribution in [0.15, 0.2) is 36.9 Å². The first-order valence-corrected chi connectivity index (χ1v) is 10.5. The summed E-state index contributed by atoms with van der Waals surface area (Å²) in [6, 6.07) is 6.91. The number of benzene rings is 2. The number of aliphatic hydroxyl groups is 1. The van der Waals surface area contributed by atoms with Crippen molar-refractivity contribution in [2.45, 2.75) is 24.5 Å². The van der Waals surface area contributed by atoms with Crippen LogP contribution in [0.5, 0.6) is 0 Å². The van der Waals surface area contributed by atoms with Gasteiger partial charge in [0.25, 0.3) is 0 Å². The molecule has 2 saturated heterocycles. The number of β-amino-alcohol motifs (C(OH)–C–C–N with tert-alkyl or cyclic N) is 1. The van der Waals surface area contributed by atoms with Gasteiger partial charge in [-0.05, 0) is 72.3 Å². The molecule has 2 fully saturated rings. The number of hydrogen-bond donors (Lipinski definition) is 3. The number of likely N-dealkylation sites (tertiary alicyclic amines) is 1. The maximum absolute atomic E-state index is 14.6. The summed E-state index contributed by atoms with van der Waals surface area (Å²) in [7, 11) is 0. The van der Waals surface area contributed by atoms with Crippen molar-refractivity contribution in [3.8, 4) is 0 Å². The molecule has 4 nitrogen and oxygen atoms in total. The second-order valence-electron chi connectivity index (χ2n) is 7.59. The molecule has 29 heavy (non-hydrogen) atoms. The van der Waals surface area contributed by atoms with Crippen LogP contribution in [-0.4, -0.2) is 41.3 Å². The van der Waals surface area contributed by atoms with Gasteiger partial charge in [-0.1, -0.05) is 6.58 Å². The van der Waals surface area contributed by atoms with Crippen molar-refractivity contribution in [2.75, 3.05) is 25.0 Å². The van der Waals surface area contributed by atoms with Crippen molar-refractivity contribution >= 4 is 39.7 Å². The Labute approximate surface area is 180 Å². The molecule has 2 aliphatic rings. The molecule has 0 aromatic heterocycles. The Morgan fingerprint density at radius 3 is 2.62 bits per heavy atom. The smallest absolute Gasteiger partial charge is 0.182 e. The minimum atomic E-state index is -1.10. The van der Waals surface area contributed by atoms with E-state index in [0.29, 0.717) is 27.9 Å². The molecule has 2 aliphatic heterocycles. The lowest BCUT2D eigenvalue weighted by Crippen LogP contribution is -2.68. The van der Waals surface area contributed by atoms with Crippen molar-refractivity contribution in [1.29, 1.82) is 0 Å². The lowest BCUT2D eigenvalue weighted by molar-refractivity contribution is -0.0926. The van der Waals surface area contributed by atoms with Crippen molar-refractivity contribution < 1.29 is 18.3 Å². The second kappa shape index (κ2) is 7.81. The third kappa shape index (κ3) is 3.85. The van der Waals surface area contributed by atoms with E-state index in [9.17, 15) is 18.3 Å². The van der Waals surface area contributed by atoms with E-state index in [4.69, 9.17) is 0 Å². The first-order chi connectivity index (χ1) is 13.8. The Morgan fingerprint density at radius 1 is 1.21 bits per heavy atom. The largest absolute Gasteiger partial charge is 0.385 e. The molecule has 3 N–H and O–H groups in total. The Hall–Kier alpha value is -1.78. The third-order valence-electron chi connectivity index (χ3n) is 5.62. The van der Waals surface area contributed by atoms with Gasteiger partial charge >= 0.3 is 0 Å². The molecule has 2 aromatic carbocycles. The zero-order valence-corrected chi connectivity index (χ0v) is 17.8. The highest BCUT2D eigenvalue weighted by Crippen LogP contribution is 2.38. The van der Waals surface area contributed by atoms with Gasteiger partial charge in [0, 0.05) is 20.9 Å². The van der Waals surface area contributed by atoms with Gasteiger partial charge in [-0.3, -0.25) is 0 Å². The Balaban J connectivity index is 1.59. The van der Waals surface area contributed by atoms with Crippen LogP contribution in [-0.2, 0) is 0 Å². The van der Waals surface area contributed by atoms with Gasteiger partial charge in [0.2, 0.25) is 0 Å². The first kappa shape index (κ1) is 20.5. The molecule has 0 aliphatic carbocycles. The zero-order valence-electron chi connectivity index (χ0n) is 15.6. The van der Waals surface area contributed by atoms with Crippen molar-refractivity contribution in [1.82, 2.24) is 10.2 Å². The molecule has 0 unspecified atom stereocenters. The van der Waals surface area contributed by atoms with Gasteiger partial charge in [-0.25, -0.2) is 13.2 Å². The van der Waals surface area contributed by atoms with E-state index in [-0.39, 0.29) is 17.4 Å².